The van der Waals surface area contributed by atoms with Gasteiger partial charge in [0.05, 0.1) is 12.5 Å². The Hall–Kier alpha value is -6.48. The molecule has 0 N–H and O–H groups in total. The molecule has 326 valence electrons. The summed E-state index contributed by atoms with van der Waals surface area (Å²) in [5, 5.41) is 0. The number of hydrogen-bond donors (Lipinski definition) is 0. The first-order valence-corrected chi connectivity index (χ1v) is 22.0. The van der Waals surface area contributed by atoms with E-state index in [2.05, 4.69) is 13.8 Å². The van der Waals surface area contributed by atoms with Crippen molar-refractivity contribution in [3.8, 4) is 0 Å². The summed E-state index contributed by atoms with van der Waals surface area (Å²) in [5.41, 5.74) is 4.70. The van der Waals surface area contributed by atoms with Crippen LogP contribution in [0.15, 0.2) is 197 Å². The van der Waals surface area contributed by atoms with Crippen molar-refractivity contribution >= 4 is 11.9 Å². The molecule has 63 heavy (non-hydrogen) atoms. The van der Waals surface area contributed by atoms with Crippen molar-refractivity contribution in [2.45, 2.75) is 89.3 Å². The van der Waals surface area contributed by atoms with Crippen LogP contribution in [0.4, 0.5) is 0 Å². The third-order valence-electron chi connectivity index (χ3n) is 10.5. The second-order valence-electron chi connectivity index (χ2n) is 15.2. The molecular formula is C55H58O8. The van der Waals surface area contributed by atoms with Crippen LogP contribution in [0, 0.1) is 0 Å². The van der Waals surface area contributed by atoms with Gasteiger partial charge >= 0.3 is 11.9 Å². The Labute approximate surface area is 371 Å². The summed E-state index contributed by atoms with van der Waals surface area (Å²) < 4.78 is 35.4. The minimum Gasteiger partial charge on any atom is -0.467 e. The third-order valence-corrected chi connectivity index (χ3v) is 10.5. The Kier molecular flexibility index (Phi) is 18.6. The largest absolute Gasteiger partial charge is 0.467 e. The zero-order valence-electron chi connectivity index (χ0n) is 36.2. The van der Waals surface area contributed by atoms with Gasteiger partial charge in [-0.15, -0.1) is 0 Å². The van der Waals surface area contributed by atoms with Gasteiger partial charge in [-0.3, -0.25) is 0 Å². The fourth-order valence-electron chi connectivity index (χ4n) is 7.22. The standard InChI is InChI=1S/C31H32O4.C24H26O4/c1-2-3-20-28(27-21-13-22-33-27)34-29(23-24-14-7-4-8-15-24)31(32)35-30(25-16-9-5-10-17-25)26-18-11-6-12-19-26;1-2-3-15-22(21-16-10-17-26-21)27-18-23(25)28-24(19-11-6-4-7-12-19)20-13-8-5-9-14-20/h4-19,21-22,28-30H,2-3,20,23H2,1H3;4-14,16-17,22,24H,2-3,15,18H2,1H3/t28-,29-;22-/m00/s1. The smallest absolute Gasteiger partial charge is 0.336 e. The van der Waals surface area contributed by atoms with Gasteiger partial charge in [0, 0.05) is 6.42 Å². The molecule has 2 aromatic heterocycles. The molecule has 5 aromatic carbocycles. The number of carbonyl (C=O) groups is 2. The van der Waals surface area contributed by atoms with Crippen molar-refractivity contribution in [2.24, 2.45) is 0 Å². The lowest BCUT2D eigenvalue weighted by molar-refractivity contribution is -0.166. The molecule has 0 unspecified atom stereocenters. The number of esters is 2. The van der Waals surface area contributed by atoms with Crippen LogP contribution in [0.5, 0.6) is 0 Å². The molecule has 0 amide bonds. The van der Waals surface area contributed by atoms with Gasteiger partial charge in [0.1, 0.15) is 30.3 Å². The average molecular weight is 847 g/mol. The van der Waals surface area contributed by atoms with Crippen molar-refractivity contribution in [1.82, 2.24) is 0 Å². The Morgan fingerprint density at radius 3 is 1.33 bits per heavy atom. The van der Waals surface area contributed by atoms with Gasteiger partial charge in [0.2, 0.25) is 0 Å². The lowest BCUT2D eigenvalue weighted by Gasteiger charge is -2.26. The van der Waals surface area contributed by atoms with Crippen molar-refractivity contribution in [1.29, 1.82) is 0 Å². The van der Waals surface area contributed by atoms with E-state index in [1.165, 1.54) is 0 Å². The number of hydrogen-bond acceptors (Lipinski definition) is 8. The molecule has 0 bridgehead atoms. The minimum absolute atomic E-state index is 0.120. The maximum Gasteiger partial charge on any atom is 0.336 e. The summed E-state index contributed by atoms with van der Waals surface area (Å²) in [7, 11) is 0. The molecule has 0 saturated carbocycles. The second-order valence-corrected chi connectivity index (χ2v) is 15.2. The molecule has 3 atom stereocenters. The number of ether oxygens (including phenoxy) is 4. The fraction of sp³-hybridized carbons (Fsp3) is 0.273. The van der Waals surface area contributed by atoms with E-state index in [9.17, 15) is 9.59 Å². The first kappa shape index (κ1) is 46.0. The van der Waals surface area contributed by atoms with E-state index in [1.54, 1.807) is 12.5 Å². The fourth-order valence-corrected chi connectivity index (χ4v) is 7.22. The molecule has 0 spiro atoms. The Morgan fingerprint density at radius 1 is 0.492 bits per heavy atom. The van der Waals surface area contributed by atoms with Crippen LogP contribution in [0.3, 0.4) is 0 Å². The van der Waals surface area contributed by atoms with Crippen molar-refractivity contribution < 1.29 is 37.4 Å². The molecule has 0 aliphatic carbocycles. The van der Waals surface area contributed by atoms with Crippen molar-refractivity contribution in [3.63, 3.8) is 0 Å². The minimum atomic E-state index is -0.778. The normalized spacial score (nSPS) is 12.5. The highest BCUT2D eigenvalue weighted by Crippen LogP contribution is 2.31. The van der Waals surface area contributed by atoms with Crippen LogP contribution in [0.2, 0.25) is 0 Å². The quantitative estimate of drug-likeness (QED) is 0.0622. The molecule has 8 nitrogen and oxygen atoms in total. The molecule has 0 fully saturated rings. The highest BCUT2D eigenvalue weighted by molar-refractivity contribution is 5.76. The predicted molar refractivity (Wildman–Crippen MR) is 245 cm³/mol. The summed E-state index contributed by atoms with van der Waals surface area (Å²) in [6.45, 7) is 4.14. The highest BCUT2D eigenvalue weighted by Gasteiger charge is 2.30. The van der Waals surface area contributed by atoms with E-state index in [4.69, 9.17) is 27.8 Å². The van der Waals surface area contributed by atoms with E-state index in [0.717, 1.165) is 77.9 Å². The van der Waals surface area contributed by atoms with Gasteiger partial charge in [-0.05, 0) is 64.9 Å². The number of unbranched alkanes of at least 4 members (excludes halogenated alkanes) is 2. The van der Waals surface area contributed by atoms with E-state index in [-0.39, 0.29) is 24.8 Å². The van der Waals surface area contributed by atoms with E-state index in [1.807, 2.05) is 176 Å². The van der Waals surface area contributed by atoms with Crippen LogP contribution in [-0.4, -0.2) is 24.6 Å². The summed E-state index contributed by atoms with van der Waals surface area (Å²) in [4.78, 5) is 26.3. The Bertz CT molecular complexity index is 2180. The molecule has 0 radical (unpaired) electrons. The maximum absolute atomic E-state index is 13.7. The SMILES string of the molecule is CCCC[C@H](OCC(=O)OC(c1ccccc1)c1ccccc1)c1ccco1.CCCC[C@H](O[C@@H](Cc1ccccc1)C(=O)OC(c1ccccc1)c1ccccc1)c1ccco1. The average Bonchev–Trinajstić information content (AvgIpc) is 4.09. The topological polar surface area (TPSA) is 97.3 Å². The van der Waals surface area contributed by atoms with Crippen LogP contribution in [0.1, 0.15) is 116 Å². The van der Waals surface area contributed by atoms with E-state index in [0.29, 0.717) is 6.42 Å². The molecule has 0 saturated heterocycles. The van der Waals surface area contributed by atoms with Gasteiger partial charge in [-0.2, -0.15) is 0 Å². The van der Waals surface area contributed by atoms with Crippen LogP contribution >= 0.6 is 0 Å². The lowest BCUT2D eigenvalue weighted by Crippen LogP contribution is -2.32. The molecule has 0 aliphatic heterocycles. The summed E-state index contributed by atoms with van der Waals surface area (Å²) in [5.74, 6) is 0.682. The molecule has 2 heterocycles. The van der Waals surface area contributed by atoms with Gasteiger partial charge in [-0.25, -0.2) is 9.59 Å². The van der Waals surface area contributed by atoms with Gasteiger partial charge < -0.3 is 27.8 Å². The molecule has 0 aliphatic rings. The first-order valence-electron chi connectivity index (χ1n) is 22.0. The monoisotopic (exact) mass is 846 g/mol. The molecule has 7 aromatic rings. The third kappa shape index (κ3) is 14.6. The summed E-state index contributed by atoms with van der Waals surface area (Å²) in [6, 6.07) is 56.5. The van der Waals surface area contributed by atoms with Crippen molar-refractivity contribution in [2.75, 3.05) is 6.61 Å². The maximum atomic E-state index is 13.7. The highest BCUT2D eigenvalue weighted by atomic mass is 16.6. The first-order chi connectivity index (χ1) is 31.0. The number of carbonyl (C=O) groups excluding carboxylic acids is 2. The van der Waals surface area contributed by atoms with Gasteiger partial charge in [0.25, 0.3) is 0 Å². The number of rotatable bonds is 22. The second kappa shape index (κ2) is 25.5. The van der Waals surface area contributed by atoms with Gasteiger partial charge in [0.15, 0.2) is 18.3 Å². The Morgan fingerprint density at radius 2 is 0.905 bits per heavy atom. The number of furan rings is 2. The molecule has 7 rings (SSSR count). The zero-order valence-corrected chi connectivity index (χ0v) is 36.2. The van der Waals surface area contributed by atoms with E-state index < -0.39 is 24.3 Å². The van der Waals surface area contributed by atoms with E-state index >= 15 is 0 Å². The molecular weight excluding hydrogens is 789 g/mol. The summed E-state index contributed by atoms with van der Waals surface area (Å²) in [6.07, 6.45) is 6.97. The predicted octanol–water partition coefficient (Wildman–Crippen LogP) is 13.3. The lowest BCUT2D eigenvalue weighted by atomic mass is 10.0. The molecule has 8 heteroatoms. The Balaban J connectivity index is 0.000000215. The van der Waals surface area contributed by atoms with Crippen LogP contribution in [-0.2, 0) is 35.0 Å². The summed E-state index contributed by atoms with van der Waals surface area (Å²) >= 11 is 0. The zero-order chi connectivity index (χ0) is 43.9. The van der Waals surface area contributed by atoms with Gasteiger partial charge in [-0.1, -0.05) is 191 Å². The van der Waals surface area contributed by atoms with Crippen LogP contribution in [0.25, 0.3) is 0 Å². The number of benzene rings is 5. The van der Waals surface area contributed by atoms with Crippen LogP contribution < -0.4 is 0 Å². The van der Waals surface area contributed by atoms with Crippen molar-refractivity contribution in [3.05, 3.63) is 228 Å².